The molecule has 0 aromatic heterocycles. The first-order valence-electron chi connectivity index (χ1n) is 5.69. The van der Waals surface area contributed by atoms with Crippen molar-refractivity contribution < 1.29 is 4.79 Å². The summed E-state index contributed by atoms with van der Waals surface area (Å²) in [7, 11) is 0. The van der Waals surface area contributed by atoms with E-state index in [2.05, 4.69) is 12.2 Å². The molecule has 3 unspecified atom stereocenters. The van der Waals surface area contributed by atoms with Crippen molar-refractivity contribution in [1.82, 2.24) is 5.32 Å². The quantitative estimate of drug-likeness (QED) is 0.675. The summed E-state index contributed by atoms with van der Waals surface area (Å²) >= 11 is 0. The largest absolute Gasteiger partial charge is 0.353 e. The Hall–Kier alpha value is -0.570. The third-order valence-corrected chi connectivity index (χ3v) is 2.96. The number of amides is 1. The number of carbonyl (C=O) groups excluding carboxylic acids is 1. The Bertz CT molecular complexity index is 194. The standard InChI is InChI=1S/C11H22N2O/c1-3-4-9-7-10(9)13-11(14)8(2)5-6-12/h8-10H,3-7,12H2,1-2H3,(H,13,14). The van der Waals surface area contributed by atoms with Gasteiger partial charge >= 0.3 is 0 Å². The second-order valence-corrected chi connectivity index (χ2v) is 4.38. The van der Waals surface area contributed by atoms with E-state index in [9.17, 15) is 4.79 Å². The van der Waals surface area contributed by atoms with Crippen LogP contribution in [0.25, 0.3) is 0 Å². The molecular weight excluding hydrogens is 176 g/mol. The first-order chi connectivity index (χ1) is 6.69. The van der Waals surface area contributed by atoms with Crippen molar-refractivity contribution in [3.05, 3.63) is 0 Å². The predicted molar refractivity (Wildman–Crippen MR) is 57.8 cm³/mol. The highest BCUT2D eigenvalue weighted by atomic mass is 16.1. The summed E-state index contributed by atoms with van der Waals surface area (Å²) in [5.74, 6) is 0.996. The average molecular weight is 198 g/mol. The Balaban J connectivity index is 2.16. The van der Waals surface area contributed by atoms with Crippen LogP contribution in [-0.2, 0) is 4.79 Å². The molecule has 1 fully saturated rings. The van der Waals surface area contributed by atoms with Gasteiger partial charge in [-0.1, -0.05) is 20.3 Å². The van der Waals surface area contributed by atoms with Crippen molar-refractivity contribution in [1.29, 1.82) is 0 Å². The molecule has 0 bridgehead atoms. The van der Waals surface area contributed by atoms with Crippen molar-refractivity contribution in [3.8, 4) is 0 Å². The highest BCUT2D eigenvalue weighted by Gasteiger charge is 2.37. The Kier molecular flexibility index (Phi) is 4.39. The zero-order valence-electron chi connectivity index (χ0n) is 9.25. The molecule has 0 spiro atoms. The highest BCUT2D eigenvalue weighted by Crippen LogP contribution is 2.34. The van der Waals surface area contributed by atoms with Gasteiger partial charge in [-0.3, -0.25) is 4.79 Å². The third kappa shape index (κ3) is 3.29. The predicted octanol–water partition coefficient (Wildman–Crippen LogP) is 1.28. The lowest BCUT2D eigenvalue weighted by Crippen LogP contribution is -2.32. The van der Waals surface area contributed by atoms with E-state index in [0.29, 0.717) is 12.6 Å². The summed E-state index contributed by atoms with van der Waals surface area (Å²) < 4.78 is 0. The Morgan fingerprint density at radius 3 is 2.93 bits per heavy atom. The van der Waals surface area contributed by atoms with Crippen LogP contribution in [0, 0.1) is 11.8 Å². The molecule has 3 atom stereocenters. The minimum Gasteiger partial charge on any atom is -0.353 e. The van der Waals surface area contributed by atoms with Crippen LogP contribution >= 0.6 is 0 Å². The van der Waals surface area contributed by atoms with Gasteiger partial charge in [0.25, 0.3) is 0 Å². The fourth-order valence-electron chi connectivity index (χ4n) is 1.82. The summed E-state index contributed by atoms with van der Waals surface area (Å²) in [6, 6.07) is 0.461. The topological polar surface area (TPSA) is 55.1 Å². The SMILES string of the molecule is CCCC1CC1NC(=O)C(C)CCN. The molecule has 14 heavy (non-hydrogen) atoms. The lowest BCUT2D eigenvalue weighted by atomic mass is 10.1. The Morgan fingerprint density at radius 2 is 2.36 bits per heavy atom. The van der Waals surface area contributed by atoms with E-state index < -0.39 is 0 Å². The molecule has 82 valence electrons. The van der Waals surface area contributed by atoms with Crippen molar-refractivity contribution >= 4 is 5.91 Å². The summed E-state index contributed by atoms with van der Waals surface area (Å²) in [5, 5.41) is 3.08. The summed E-state index contributed by atoms with van der Waals surface area (Å²) in [6.45, 7) is 4.73. The minimum atomic E-state index is 0.0721. The van der Waals surface area contributed by atoms with Crippen LogP contribution in [0.15, 0.2) is 0 Å². The molecular formula is C11H22N2O. The van der Waals surface area contributed by atoms with Crippen LogP contribution in [0.2, 0.25) is 0 Å². The van der Waals surface area contributed by atoms with E-state index in [1.54, 1.807) is 0 Å². The molecule has 0 heterocycles. The minimum absolute atomic E-state index is 0.0721. The number of rotatable bonds is 6. The number of nitrogens with one attached hydrogen (secondary N) is 1. The van der Waals surface area contributed by atoms with E-state index in [4.69, 9.17) is 5.73 Å². The van der Waals surface area contributed by atoms with Crippen LogP contribution in [0.3, 0.4) is 0 Å². The molecule has 3 heteroatoms. The fourth-order valence-corrected chi connectivity index (χ4v) is 1.82. The van der Waals surface area contributed by atoms with Crippen LogP contribution < -0.4 is 11.1 Å². The fraction of sp³-hybridized carbons (Fsp3) is 0.909. The molecule has 1 amide bonds. The molecule has 1 aliphatic carbocycles. The summed E-state index contributed by atoms with van der Waals surface area (Å²) in [4.78, 5) is 11.6. The molecule has 0 aliphatic heterocycles. The zero-order valence-corrected chi connectivity index (χ0v) is 9.25. The van der Waals surface area contributed by atoms with Crippen molar-refractivity contribution in [2.75, 3.05) is 6.54 Å². The maximum absolute atomic E-state index is 11.6. The van der Waals surface area contributed by atoms with Crippen LogP contribution in [0.4, 0.5) is 0 Å². The van der Waals surface area contributed by atoms with Gasteiger partial charge in [-0.05, 0) is 31.7 Å². The monoisotopic (exact) mass is 198 g/mol. The Labute approximate surface area is 86.4 Å². The van der Waals surface area contributed by atoms with Gasteiger partial charge in [0.05, 0.1) is 0 Å². The first-order valence-corrected chi connectivity index (χ1v) is 5.69. The van der Waals surface area contributed by atoms with Gasteiger partial charge in [-0.2, -0.15) is 0 Å². The average Bonchev–Trinajstić information content (AvgIpc) is 2.84. The third-order valence-electron chi connectivity index (χ3n) is 2.96. The smallest absolute Gasteiger partial charge is 0.223 e. The van der Waals surface area contributed by atoms with E-state index in [1.807, 2.05) is 6.92 Å². The molecule has 0 radical (unpaired) electrons. The molecule has 0 aromatic carbocycles. The van der Waals surface area contributed by atoms with E-state index in [1.165, 1.54) is 19.3 Å². The lowest BCUT2D eigenvalue weighted by molar-refractivity contribution is -0.124. The van der Waals surface area contributed by atoms with Gasteiger partial charge in [-0.25, -0.2) is 0 Å². The van der Waals surface area contributed by atoms with Gasteiger partial charge < -0.3 is 11.1 Å². The van der Waals surface area contributed by atoms with Crippen molar-refractivity contribution in [2.45, 2.75) is 45.6 Å². The van der Waals surface area contributed by atoms with E-state index in [0.717, 1.165) is 12.3 Å². The van der Waals surface area contributed by atoms with Crippen molar-refractivity contribution in [2.24, 2.45) is 17.6 Å². The van der Waals surface area contributed by atoms with Crippen LogP contribution in [0.5, 0.6) is 0 Å². The highest BCUT2D eigenvalue weighted by molar-refractivity contribution is 5.78. The number of carbonyl (C=O) groups is 1. The molecule has 1 aliphatic rings. The van der Waals surface area contributed by atoms with E-state index >= 15 is 0 Å². The number of nitrogens with two attached hydrogens (primary N) is 1. The van der Waals surface area contributed by atoms with Crippen LogP contribution in [0.1, 0.15) is 39.5 Å². The van der Waals surface area contributed by atoms with Crippen LogP contribution in [-0.4, -0.2) is 18.5 Å². The molecule has 0 aromatic rings. The zero-order chi connectivity index (χ0) is 10.6. The van der Waals surface area contributed by atoms with Gasteiger partial charge in [-0.15, -0.1) is 0 Å². The second-order valence-electron chi connectivity index (χ2n) is 4.38. The van der Waals surface area contributed by atoms with Gasteiger partial charge in [0.15, 0.2) is 0 Å². The summed E-state index contributed by atoms with van der Waals surface area (Å²) in [5.41, 5.74) is 5.41. The Morgan fingerprint density at radius 1 is 1.64 bits per heavy atom. The lowest BCUT2D eigenvalue weighted by Gasteiger charge is -2.10. The molecule has 1 rings (SSSR count). The molecule has 3 N–H and O–H groups in total. The second kappa shape index (κ2) is 5.35. The molecule has 0 saturated heterocycles. The van der Waals surface area contributed by atoms with Gasteiger partial charge in [0, 0.05) is 12.0 Å². The van der Waals surface area contributed by atoms with Gasteiger partial charge in [0.2, 0.25) is 5.91 Å². The van der Waals surface area contributed by atoms with E-state index in [-0.39, 0.29) is 11.8 Å². The first kappa shape index (κ1) is 11.5. The maximum atomic E-state index is 11.6. The maximum Gasteiger partial charge on any atom is 0.223 e. The van der Waals surface area contributed by atoms with Gasteiger partial charge in [0.1, 0.15) is 0 Å². The van der Waals surface area contributed by atoms with Crippen molar-refractivity contribution in [3.63, 3.8) is 0 Å². The normalized spacial score (nSPS) is 27.1. The molecule has 1 saturated carbocycles. The summed E-state index contributed by atoms with van der Waals surface area (Å²) in [6.07, 6.45) is 4.43. The number of hydrogen-bond donors (Lipinski definition) is 2. The molecule has 3 nitrogen and oxygen atoms in total. The number of hydrogen-bond acceptors (Lipinski definition) is 2.